The van der Waals surface area contributed by atoms with E-state index in [1.54, 1.807) is 12.1 Å². The molecule has 0 fully saturated rings. The van der Waals surface area contributed by atoms with Gasteiger partial charge in [-0.1, -0.05) is 54.6 Å². The van der Waals surface area contributed by atoms with E-state index in [4.69, 9.17) is 0 Å². The maximum atomic E-state index is 11.8. The van der Waals surface area contributed by atoms with E-state index >= 15 is 0 Å². The Morgan fingerprint density at radius 2 is 1.60 bits per heavy atom. The minimum absolute atomic E-state index is 0.210. The van der Waals surface area contributed by atoms with Gasteiger partial charge in [-0.3, -0.25) is 4.79 Å². The van der Waals surface area contributed by atoms with Crippen LogP contribution < -0.4 is 5.43 Å². The van der Waals surface area contributed by atoms with E-state index < -0.39 is 0 Å². The van der Waals surface area contributed by atoms with Crippen molar-refractivity contribution in [1.29, 1.82) is 0 Å². The second kappa shape index (κ2) is 7.04. The lowest BCUT2D eigenvalue weighted by Gasteiger charge is -1.99. The van der Waals surface area contributed by atoms with E-state index in [0.29, 0.717) is 5.56 Å². The van der Waals surface area contributed by atoms with Crippen molar-refractivity contribution in [1.82, 2.24) is 5.43 Å². The van der Waals surface area contributed by atoms with Crippen molar-refractivity contribution < 1.29 is 4.79 Å². The summed E-state index contributed by atoms with van der Waals surface area (Å²) in [6.45, 7) is 1.84. The van der Waals surface area contributed by atoms with Crippen LogP contribution >= 0.6 is 0 Å². The summed E-state index contributed by atoms with van der Waals surface area (Å²) in [5, 5.41) is 4.05. The fourth-order valence-electron chi connectivity index (χ4n) is 1.61. The number of benzene rings is 2. The fourth-order valence-corrected chi connectivity index (χ4v) is 1.61. The Kier molecular flexibility index (Phi) is 4.84. The van der Waals surface area contributed by atoms with Crippen LogP contribution in [0.2, 0.25) is 0 Å². The van der Waals surface area contributed by atoms with Crippen LogP contribution in [0.25, 0.3) is 6.08 Å². The fraction of sp³-hybridized carbons (Fsp3) is 0.0588. The molecule has 0 saturated carbocycles. The summed E-state index contributed by atoms with van der Waals surface area (Å²) in [7, 11) is 0. The smallest absolute Gasteiger partial charge is 0.267 e. The summed E-state index contributed by atoms with van der Waals surface area (Å²) < 4.78 is 0. The average molecular weight is 264 g/mol. The summed E-state index contributed by atoms with van der Waals surface area (Å²) in [6.07, 6.45) is 3.81. The third-order valence-electron chi connectivity index (χ3n) is 2.69. The number of nitrogens with one attached hydrogen (secondary N) is 1. The number of hydrogen-bond acceptors (Lipinski definition) is 2. The lowest BCUT2D eigenvalue weighted by molar-refractivity contribution is 0.0955. The third-order valence-corrected chi connectivity index (χ3v) is 2.69. The number of hydrogen-bond donors (Lipinski definition) is 1. The van der Waals surface area contributed by atoms with Crippen molar-refractivity contribution in [3.63, 3.8) is 0 Å². The van der Waals surface area contributed by atoms with E-state index in [1.165, 1.54) is 0 Å². The Balaban J connectivity index is 1.95. The number of amides is 1. The third kappa shape index (κ3) is 4.21. The van der Waals surface area contributed by atoms with Gasteiger partial charge in [-0.15, -0.1) is 0 Å². The van der Waals surface area contributed by atoms with Crippen LogP contribution in [0.5, 0.6) is 0 Å². The van der Waals surface area contributed by atoms with Crippen molar-refractivity contribution in [2.24, 2.45) is 5.10 Å². The van der Waals surface area contributed by atoms with Crippen LogP contribution in [0.3, 0.4) is 0 Å². The molecule has 3 nitrogen and oxygen atoms in total. The number of carbonyl (C=O) groups excluding carboxylic acids is 1. The first-order valence-electron chi connectivity index (χ1n) is 6.38. The van der Waals surface area contributed by atoms with Gasteiger partial charge in [-0.05, 0) is 30.7 Å². The van der Waals surface area contributed by atoms with Crippen molar-refractivity contribution in [2.45, 2.75) is 6.92 Å². The Morgan fingerprint density at radius 1 is 1.00 bits per heavy atom. The minimum atomic E-state index is -0.210. The van der Waals surface area contributed by atoms with Gasteiger partial charge in [0.2, 0.25) is 0 Å². The minimum Gasteiger partial charge on any atom is -0.267 e. The summed E-state index contributed by atoms with van der Waals surface area (Å²) in [5.74, 6) is -0.210. The average Bonchev–Trinajstić information content (AvgIpc) is 2.52. The standard InChI is InChI=1S/C17H16N2O/c1-14(12-13-15-8-4-2-5-9-15)18-19-17(20)16-10-6-3-7-11-16/h2-13H,1H3,(H,19,20)/b13-12+,18-14-. The monoisotopic (exact) mass is 264 g/mol. The summed E-state index contributed by atoms with van der Waals surface area (Å²) in [6, 6.07) is 18.9. The van der Waals surface area contributed by atoms with Gasteiger partial charge in [-0.25, -0.2) is 5.43 Å². The molecule has 0 aliphatic carbocycles. The molecule has 1 N–H and O–H groups in total. The Morgan fingerprint density at radius 3 is 2.25 bits per heavy atom. The molecule has 0 atom stereocenters. The number of rotatable bonds is 4. The number of hydrazone groups is 1. The number of allylic oxidation sites excluding steroid dienone is 1. The van der Waals surface area contributed by atoms with Gasteiger partial charge in [0.1, 0.15) is 0 Å². The molecule has 0 aliphatic heterocycles. The van der Waals surface area contributed by atoms with Crippen LogP contribution in [-0.2, 0) is 0 Å². The van der Waals surface area contributed by atoms with Crippen molar-refractivity contribution in [2.75, 3.05) is 0 Å². The highest BCUT2D eigenvalue weighted by atomic mass is 16.2. The largest absolute Gasteiger partial charge is 0.271 e. The van der Waals surface area contributed by atoms with E-state index in [0.717, 1.165) is 11.3 Å². The van der Waals surface area contributed by atoms with E-state index in [-0.39, 0.29) is 5.91 Å². The SMILES string of the molecule is CC(/C=C/c1ccccc1)=N/NC(=O)c1ccccc1. The van der Waals surface area contributed by atoms with Gasteiger partial charge in [0.25, 0.3) is 5.91 Å². The highest BCUT2D eigenvalue weighted by molar-refractivity contribution is 5.99. The molecular formula is C17H16N2O. The molecule has 2 aromatic rings. The van der Waals surface area contributed by atoms with E-state index in [1.807, 2.05) is 67.6 Å². The van der Waals surface area contributed by atoms with Crippen LogP contribution in [0, 0.1) is 0 Å². The number of carbonyl (C=O) groups is 1. The van der Waals surface area contributed by atoms with Gasteiger partial charge in [0.05, 0.1) is 5.71 Å². The zero-order chi connectivity index (χ0) is 14.2. The maximum Gasteiger partial charge on any atom is 0.271 e. The van der Waals surface area contributed by atoms with Crippen LogP contribution in [0.1, 0.15) is 22.8 Å². The Labute approximate surface area is 118 Å². The summed E-state index contributed by atoms with van der Waals surface area (Å²) >= 11 is 0. The molecule has 0 aromatic heterocycles. The van der Waals surface area contributed by atoms with Gasteiger partial charge >= 0.3 is 0 Å². The topological polar surface area (TPSA) is 41.5 Å². The van der Waals surface area contributed by atoms with Gasteiger partial charge in [0, 0.05) is 5.56 Å². The van der Waals surface area contributed by atoms with Crippen LogP contribution in [0.4, 0.5) is 0 Å². The molecule has 0 unspecified atom stereocenters. The molecule has 3 heteroatoms. The zero-order valence-corrected chi connectivity index (χ0v) is 11.3. The molecule has 2 rings (SSSR count). The van der Waals surface area contributed by atoms with E-state index in [9.17, 15) is 4.79 Å². The van der Waals surface area contributed by atoms with Gasteiger partial charge < -0.3 is 0 Å². The van der Waals surface area contributed by atoms with Gasteiger partial charge in [0.15, 0.2) is 0 Å². The maximum absolute atomic E-state index is 11.8. The molecule has 1 amide bonds. The summed E-state index contributed by atoms with van der Waals surface area (Å²) in [5.41, 5.74) is 4.95. The molecule has 20 heavy (non-hydrogen) atoms. The van der Waals surface area contributed by atoms with Crippen molar-refractivity contribution in [3.05, 3.63) is 77.9 Å². The molecular weight excluding hydrogens is 248 g/mol. The second-order valence-corrected chi connectivity index (χ2v) is 4.30. The van der Waals surface area contributed by atoms with Crippen molar-refractivity contribution >= 4 is 17.7 Å². The normalized spacial score (nSPS) is 11.6. The first-order valence-corrected chi connectivity index (χ1v) is 6.38. The first kappa shape index (κ1) is 13.7. The first-order chi connectivity index (χ1) is 9.75. The Hall–Kier alpha value is -2.68. The highest BCUT2D eigenvalue weighted by Gasteiger charge is 2.01. The molecule has 0 heterocycles. The summed E-state index contributed by atoms with van der Waals surface area (Å²) in [4.78, 5) is 11.8. The second-order valence-electron chi connectivity index (χ2n) is 4.30. The van der Waals surface area contributed by atoms with Crippen LogP contribution in [-0.4, -0.2) is 11.6 Å². The molecule has 0 saturated heterocycles. The van der Waals surface area contributed by atoms with Crippen LogP contribution in [0.15, 0.2) is 71.8 Å². The predicted octanol–water partition coefficient (Wildman–Crippen LogP) is 3.51. The molecule has 0 bridgehead atoms. The predicted molar refractivity (Wildman–Crippen MR) is 82.5 cm³/mol. The van der Waals surface area contributed by atoms with Crippen molar-refractivity contribution in [3.8, 4) is 0 Å². The van der Waals surface area contributed by atoms with E-state index in [2.05, 4.69) is 10.5 Å². The molecule has 0 radical (unpaired) electrons. The lowest BCUT2D eigenvalue weighted by atomic mass is 10.2. The highest BCUT2D eigenvalue weighted by Crippen LogP contribution is 2.01. The lowest BCUT2D eigenvalue weighted by Crippen LogP contribution is -2.18. The molecule has 100 valence electrons. The number of nitrogens with zero attached hydrogens (tertiary/aromatic N) is 1. The van der Waals surface area contributed by atoms with Gasteiger partial charge in [-0.2, -0.15) is 5.10 Å². The molecule has 0 aliphatic rings. The Bertz CT molecular complexity index is 616. The zero-order valence-electron chi connectivity index (χ0n) is 11.3. The molecule has 2 aromatic carbocycles. The molecule has 0 spiro atoms. The quantitative estimate of drug-likeness (QED) is 0.666.